The molecule has 3 rings (SSSR count). The van der Waals surface area contributed by atoms with Crippen LogP contribution >= 0.6 is 0 Å². The molecule has 79 valence electrons. The van der Waals surface area contributed by atoms with Crippen molar-refractivity contribution in [2.75, 3.05) is 0 Å². The van der Waals surface area contributed by atoms with Crippen molar-refractivity contribution >= 4 is 0 Å². The van der Waals surface area contributed by atoms with Gasteiger partial charge in [0.2, 0.25) is 0 Å². The largest absolute Gasteiger partial charge is 0.206 e. The Labute approximate surface area is 94.7 Å². The highest BCUT2D eigenvalue weighted by Gasteiger charge is 2.23. The Balaban J connectivity index is 1.97. The Morgan fingerprint density at radius 1 is 1.06 bits per heavy atom. The van der Waals surface area contributed by atoms with Crippen molar-refractivity contribution in [1.82, 2.24) is 0 Å². The van der Waals surface area contributed by atoms with Gasteiger partial charge in [-0.25, -0.2) is 4.39 Å². The molecule has 16 heavy (non-hydrogen) atoms. The predicted octanol–water partition coefficient (Wildman–Crippen LogP) is 4.17. The number of rotatable bonds is 2. The van der Waals surface area contributed by atoms with E-state index >= 15 is 0 Å². The van der Waals surface area contributed by atoms with Gasteiger partial charge in [-0.3, -0.25) is 0 Å². The zero-order valence-electron chi connectivity index (χ0n) is 8.91. The molecule has 1 heteroatoms. The molecule has 0 bridgehead atoms. The van der Waals surface area contributed by atoms with Gasteiger partial charge < -0.3 is 0 Å². The quantitative estimate of drug-likeness (QED) is 0.699. The van der Waals surface area contributed by atoms with Crippen LogP contribution in [-0.4, -0.2) is 0 Å². The average molecular weight is 211 g/mol. The van der Waals surface area contributed by atoms with Gasteiger partial charge in [0.1, 0.15) is 5.82 Å². The molecule has 0 saturated heterocycles. The zero-order chi connectivity index (χ0) is 11.0. The molecule has 2 aromatic rings. The van der Waals surface area contributed by atoms with Gasteiger partial charge in [0, 0.05) is 5.56 Å². The molecule has 0 unspecified atom stereocenters. The van der Waals surface area contributed by atoms with Crippen LogP contribution in [0.2, 0.25) is 0 Å². The zero-order valence-corrected chi connectivity index (χ0v) is 8.91. The van der Waals surface area contributed by atoms with Crippen molar-refractivity contribution in [3.63, 3.8) is 0 Å². The van der Waals surface area contributed by atoms with E-state index in [2.05, 4.69) is 12.1 Å². The Bertz CT molecular complexity index is 495. The Morgan fingerprint density at radius 2 is 1.88 bits per heavy atom. The van der Waals surface area contributed by atoms with E-state index in [-0.39, 0.29) is 5.82 Å². The Kier molecular flexibility index (Phi) is 2.24. The van der Waals surface area contributed by atoms with E-state index in [0.717, 1.165) is 5.56 Å². The fraction of sp³-hybridized carbons (Fsp3) is 0.200. The van der Waals surface area contributed by atoms with Crippen LogP contribution in [0.1, 0.15) is 24.3 Å². The van der Waals surface area contributed by atoms with Crippen LogP contribution in [0.4, 0.5) is 4.39 Å². The third kappa shape index (κ3) is 1.73. The molecule has 0 N–H and O–H groups in total. The van der Waals surface area contributed by atoms with Crippen molar-refractivity contribution in [3.05, 3.63) is 59.9 Å². The van der Waals surface area contributed by atoms with E-state index < -0.39 is 0 Å². The second kappa shape index (κ2) is 3.75. The van der Waals surface area contributed by atoms with E-state index in [0.29, 0.717) is 11.5 Å². The highest BCUT2D eigenvalue weighted by atomic mass is 19.1. The maximum Gasteiger partial charge on any atom is 0.131 e. The molecule has 0 heterocycles. The minimum Gasteiger partial charge on any atom is -0.206 e. The minimum atomic E-state index is -0.171. The molecule has 0 amide bonds. The van der Waals surface area contributed by atoms with Gasteiger partial charge in [0.05, 0.1) is 0 Å². The summed E-state index contributed by atoms with van der Waals surface area (Å²) in [5, 5.41) is 0. The van der Waals surface area contributed by atoms with Crippen molar-refractivity contribution in [2.45, 2.75) is 18.8 Å². The highest BCUT2D eigenvalue weighted by molar-refractivity contribution is 5.64. The van der Waals surface area contributed by atoms with Crippen LogP contribution in [0.3, 0.4) is 0 Å². The number of hydrogen-bond donors (Lipinski definition) is 0. The van der Waals surface area contributed by atoms with E-state index in [1.807, 2.05) is 18.2 Å². The van der Waals surface area contributed by atoms with Crippen LogP contribution in [0.15, 0.2) is 42.5 Å². The summed E-state index contributed by atoms with van der Waals surface area (Å²) in [5.74, 6) is 0.532. The molecular formula is C15H12F. The highest BCUT2D eigenvalue weighted by Crippen LogP contribution is 2.40. The first-order valence-corrected chi connectivity index (χ1v) is 5.61. The van der Waals surface area contributed by atoms with Crippen molar-refractivity contribution in [3.8, 4) is 11.1 Å². The van der Waals surface area contributed by atoms with Gasteiger partial charge in [0.25, 0.3) is 0 Å². The lowest BCUT2D eigenvalue weighted by Crippen LogP contribution is -1.85. The Morgan fingerprint density at radius 3 is 2.50 bits per heavy atom. The summed E-state index contributed by atoms with van der Waals surface area (Å²) >= 11 is 0. The molecule has 1 aliphatic carbocycles. The lowest BCUT2D eigenvalue weighted by atomic mass is 10.0. The minimum absolute atomic E-state index is 0.171. The third-order valence-corrected chi connectivity index (χ3v) is 3.04. The lowest BCUT2D eigenvalue weighted by Gasteiger charge is -2.04. The molecule has 1 fully saturated rings. The molecule has 2 aromatic carbocycles. The van der Waals surface area contributed by atoms with Gasteiger partial charge in [-0.2, -0.15) is 0 Å². The van der Waals surface area contributed by atoms with Crippen LogP contribution in [0, 0.1) is 11.9 Å². The smallest absolute Gasteiger partial charge is 0.131 e. The van der Waals surface area contributed by atoms with Gasteiger partial charge in [-0.15, -0.1) is 0 Å². The van der Waals surface area contributed by atoms with Crippen LogP contribution in [0.25, 0.3) is 11.1 Å². The molecule has 0 aliphatic heterocycles. The molecule has 1 radical (unpaired) electrons. The van der Waals surface area contributed by atoms with E-state index in [1.165, 1.54) is 24.5 Å². The van der Waals surface area contributed by atoms with E-state index in [1.54, 1.807) is 12.1 Å². The Hall–Kier alpha value is -1.63. The third-order valence-electron chi connectivity index (χ3n) is 3.04. The van der Waals surface area contributed by atoms with Crippen molar-refractivity contribution in [1.29, 1.82) is 0 Å². The summed E-state index contributed by atoms with van der Waals surface area (Å²) in [7, 11) is 0. The number of hydrogen-bond acceptors (Lipinski definition) is 0. The SMILES string of the molecule is Fc1ccccc1-c1c[c]c(C2CC2)cc1. The molecule has 1 saturated carbocycles. The first kappa shape index (κ1) is 9.59. The van der Waals surface area contributed by atoms with Crippen molar-refractivity contribution < 1.29 is 4.39 Å². The molecule has 0 aromatic heterocycles. The first-order chi connectivity index (χ1) is 7.84. The molecule has 0 atom stereocenters. The normalized spacial score (nSPS) is 15.1. The van der Waals surface area contributed by atoms with Crippen LogP contribution in [0.5, 0.6) is 0 Å². The second-order valence-electron chi connectivity index (χ2n) is 4.29. The summed E-state index contributed by atoms with van der Waals surface area (Å²) < 4.78 is 13.5. The summed E-state index contributed by atoms with van der Waals surface area (Å²) in [6, 6.07) is 16.1. The average Bonchev–Trinajstić information content (AvgIpc) is 3.14. The number of halogens is 1. The summed E-state index contributed by atoms with van der Waals surface area (Å²) in [6.07, 6.45) is 2.55. The summed E-state index contributed by atoms with van der Waals surface area (Å²) in [5.41, 5.74) is 2.82. The maximum atomic E-state index is 13.5. The van der Waals surface area contributed by atoms with Gasteiger partial charge in [-0.1, -0.05) is 30.3 Å². The first-order valence-electron chi connectivity index (χ1n) is 5.61. The molecule has 0 nitrogen and oxygen atoms in total. The van der Waals surface area contributed by atoms with Crippen LogP contribution in [-0.2, 0) is 0 Å². The molecular weight excluding hydrogens is 199 g/mol. The number of benzene rings is 2. The topological polar surface area (TPSA) is 0 Å². The predicted molar refractivity (Wildman–Crippen MR) is 62.6 cm³/mol. The van der Waals surface area contributed by atoms with Crippen LogP contribution < -0.4 is 0 Å². The monoisotopic (exact) mass is 211 g/mol. The fourth-order valence-corrected chi connectivity index (χ4v) is 1.95. The maximum absolute atomic E-state index is 13.5. The van der Waals surface area contributed by atoms with Crippen molar-refractivity contribution in [2.24, 2.45) is 0 Å². The summed E-state index contributed by atoms with van der Waals surface area (Å²) in [4.78, 5) is 0. The van der Waals surface area contributed by atoms with Gasteiger partial charge >= 0.3 is 0 Å². The summed E-state index contributed by atoms with van der Waals surface area (Å²) in [6.45, 7) is 0. The second-order valence-corrected chi connectivity index (χ2v) is 4.29. The van der Waals surface area contributed by atoms with E-state index in [9.17, 15) is 4.39 Å². The fourth-order valence-electron chi connectivity index (χ4n) is 1.95. The van der Waals surface area contributed by atoms with E-state index in [4.69, 9.17) is 0 Å². The van der Waals surface area contributed by atoms with Gasteiger partial charge in [0.15, 0.2) is 0 Å². The molecule has 1 aliphatic rings. The standard InChI is InChI=1S/C15H12F/c16-15-4-2-1-3-14(15)13-9-7-12(8-10-13)11-5-6-11/h1-4,7,9-11H,5-6H2. The van der Waals surface area contributed by atoms with Gasteiger partial charge in [-0.05, 0) is 48.1 Å². The molecule has 0 spiro atoms. The lowest BCUT2D eigenvalue weighted by molar-refractivity contribution is 0.631.